The van der Waals surface area contributed by atoms with Gasteiger partial charge in [0, 0.05) is 38.4 Å². The second-order valence-corrected chi connectivity index (χ2v) is 6.30. The Hall–Kier alpha value is -3.02. The van der Waals surface area contributed by atoms with Crippen LogP contribution in [0.3, 0.4) is 0 Å². The van der Waals surface area contributed by atoms with Gasteiger partial charge >= 0.3 is 0 Å². The minimum absolute atomic E-state index is 0.0447. The Morgan fingerprint density at radius 3 is 2.30 bits per heavy atom. The van der Waals surface area contributed by atoms with Crippen molar-refractivity contribution in [3.8, 4) is 5.75 Å². The van der Waals surface area contributed by atoms with Crippen LogP contribution in [0.5, 0.6) is 5.75 Å². The lowest BCUT2D eigenvalue weighted by Gasteiger charge is -2.13. The predicted molar refractivity (Wildman–Crippen MR) is 107 cm³/mol. The number of ether oxygens (including phenoxy) is 1. The van der Waals surface area contributed by atoms with Gasteiger partial charge in [0.2, 0.25) is 0 Å². The molecule has 0 saturated heterocycles. The van der Waals surface area contributed by atoms with Crippen molar-refractivity contribution in [3.05, 3.63) is 59.7 Å². The number of carbonyl (C=O) groups is 2. The molecule has 6 nitrogen and oxygen atoms in total. The second kappa shape index (κ2) is 10.2. The van der Waals surface area contributed by atoms with E-state index in [1.54, 1.807) is 12.1 Å². The van der Waals surface area contributed by atoms with Crippen LogP contribution in [0, 0.1) is 0 Å². The van der Waals surface area contributed by atoms with Gasteiger partial charge in [0.25, 0.3) is 11.8 Å². The van der Waals surface area contributed by atoms with Gasteiger partial charge in [0.1, 0.15) is 5.75 Å². The Kier molecular flexibility index (Phi) is 7.67. The monoisotopic (exact) mass is 369 g/mol. The molecule has 0 aliphatic rings. The molecule has 0 saturated carbocycles. The molecule has 0 aromatic heterocycles. The minimum Gasteiger partial charge on any atom is -0.483 e. The molecule has 0 radical (unpaired) electrons. The molecule has 0 unspecified atom stereocenters. The van der Waals surface area contributed by atoms with E-state index in [1.807, 2.05) is 62.3 Å². The molecule has 0 spiro atoms. The summed E-state index contributed by atoms with van der Waals surface area (Å²) in [4.78, 5) is 25.9. The van der Waals surface area contributed by atoms with Gasteiger partial charge in [-0.25, -0.2) is 0 Å². The van der Waals surface area contributed by atoms with E-state index in [0.717, 1.165) is 23.4 Å². The van der Waals surface area contributed by atoms with Crippen molar-refractivity contribution in [2.45, 2.75) is 13.3 Å². The Balaban J connectivity index is 1.68. The van der Waals surface area contributed by atoms with Crippen LogP contribution < -0.4 is 20.3 Å². The van der Waals surface area contributed by atoms with Crippen LogP contribution in [0.15, 0.2) is 48.5 Å². The lowest BCUT2D eigenvalue weighted by Crippen LogP contribution is -2.36. The number of hydrogen-bond donors (Lipinski definition) is 2. The van der Waals surface area contributed by atoms with Crippen LogP contribution in [-0.4, -0.2) is 45.6 Å². The first kappa shape index (κ1) is 20.3. The third-order valence-corrected chi connectivity index (χ3v) is 4.09. The van der Waals surface area contributed by atoms with E-state index < -0.39 is 0 Å². The van der Waals surface area contributed by atoms with Gasteiger partial charge in [-0.2, -0.15) is 0 Å². The number of hydrogen-bond acceptors (Lipinski definition) is 4. The van der Waals surface area contributed by atoms with E-state index >= 15 is 0 Å². The molecule has 0 aliphatic carbocycles. The first-order chi connectivity index (χ1) is 13.0. The quantitative estimate of drug-likeness (QED) is 0.665. The molecular weight excluding hydrogens is 342 g/mol. The number of nitrogens with zero attached hydrogens (tertiary/aromatic N) is 1. The molecule has 2 N–H and O–H groups in total. The van der Waals surface area contributed by atoms with Crippen molar-refractivity contribution in [1.29, 1.82) is 0 Å². The molecule has 0 atom stereocenters. The molecule has 2 aromatic rings. The second-order valence-electron chi connectivity index (χ2n) is 6.30. The maximum absolute atomic E-state index is 12.1. The van der Waals surface area contributed by atoms with Crippen LogP contribution in [0.4, 0.5) is 5.69 Å². The summed E-state index contributed by atoms with van der Waals surface area (Å²) in [5, 5.41) is 5.52. The highest BCUT2D eigenvalue weighted by Crippen LogP contribution is 2.17. The Morgan fingerprint density at radius 1 is 0.963 bits per heavy atom. The van der Waals surface area contributed by atoms with Crippen molar-refractivity contribution in [3.63, 3.8) is 0 Å². The van der Waals surface area contributed by atoms with Gasteiger partial charge in [0.15, 0.2) is 6.61 Å². The highest BCUT2D eigenvalue weighted by Gasteiger charge is 2.07. The van der Waals surface area contributed by atoms with E-state index in [9.17, 15) is 9.59 Å². The number of nitrogens with one attached hydrogen (secondary N) is 2. The molecule has 0 bridgehead atoms. The molecule has 27 heavy (non-hydrogen) atoms. The number of aryl methyl sites for hydroxylation is 1. The number of carbonyl (C=O) groups excluding carboxylic acids is 2. The molecule has 0 fully saturated rings. The summed E-state index contributed by atoms with van der Waals surface area (Å²) in [7, 11) is 3.89. The number of amides is 2. The van der Waals surface area contributed by atoms with Gasteiger partial charge in [-0.3, -0.25) is 9.59 Å². The van der Waals surface area contributed by atoms with E-state index in [1.165, 1.54) is 0 Å². The highest BCUT2D eigenvalue weighted by molar-refractivity contribution is 5.94. The van der Waals surface area contributed by atoms with E-state index in [0.29, 0.717) is 18.7 Å². The molecule has 144 valence electrons. The number of para-hydroxylation sites is 1. The van der Waals surface area contributed by atoms with E-state index in [4.69, 9.17) is 4.74 Å². The van der Waals surface area contributed by atoms with Crippen LogP contribution >= 0.6 is 0 Å². The van der Waals surface area contributed by atoms with E-state index in [2.05, 4.69) is 10.6 Å². The number of benzene rings is 2. The summed E-state index contributed by atoms with van der Waals surface area (Å²) in [6, 6.07) is 15.0. The first-order valence-electron chi connectivity index (χ1n) is 9.04. The summed E-state index contributed by atoms with van der Waals surface area (Å²) >= 11 is 0. The van der Waals surface area contributed by atoms with Crippen LogP contribution in [-0.2, 0) is 11.2 Å². The van der Waals surface area contributed by atoms with Crippen LogP contribution in [0.2, 0.25) is 0 Å². The zero-order valence-corrected chi connectivity index (χ0v) is 16.1. The van der Waals surface area contributed by atoms with Crippen molar-refractivity contribution in [2.24, 2.45) is 0 Å². The smallest absolute Gasteiger partial charge is 0.258 e. The summed E-state index contributed by atoms with van der Waals surface area (Å²) < 4.78 is 5.56. The highest BCUT2D eigenvalue weighted by atomic mass is 16.5. The largest absolute Gasteiger partial charge is 0.483 e. The van der Waals surface area contributed by atoms with Gasteiger partial charge in [0.05, 0.1) is 0 Å². The summed E-state index contributed by atoms with van der Waals surface area (Å²) in [6.07, 6.45) is 0.847. The van der Waals surface area contributed by atoms with Gasteiger partial charge in [-0.05, 0) is 42.3 Å². The minimum atomic E-state index is -0.217. The van der Waals surface area contributed by atoms with Crippen molar-refractivity contribution in [2.75, 3.05) is 38.7 Å². The van der Waals surface area contributed by atoms with Crippen molar-refractivity contribution in [1.82, 2.24) is 10.6 Å². The average Bonchev–Trinajstić information content (AvgIpc) is 2.69. The van der Waals surface area contributed by atoms with Gasteiger partial charge < -0.3 is 20.3 Å². The fourth-order valence-corrected chi connectivity index (χ4v) is 2.52. The summed E-state index contributed by atoms with van der Waals surface area (Å²) in [5.41, 5.74) is 2.69. The summed E-state index contributed by atoms with van der Waals surface area (Å²) in [6.45, 7) is 2.70. The van der Waals surface area contributed by atoms with Crippen LogP contribution in [0.25, 0.3) is 0 Å². The topological polar surface area (TPSA) is 70.7 Å². The Morgan fingerprint density at radius 2 is 1.63 bits per heavy atom. The molecular formula is C21H27N3O3. The molecule has 6 heteroatoms. The Labute approximate surface area is 160 Å². The third-order valence-electron chi connectivity index (χ3n) is 4.09. The standard InChI is InChI=1S/C21H27N3O3/c1-4-16-7-5-6-8-19(16)27-15-20(25)22-13-14-23-21(26)17-9-11-18(12-10-17)24(2)3/h5-12H,4,13-15H2,1-3H3,(H,22,25)(H,23,26). The molecule has 2 aromatic carbocycles. The molecule has 2 rings (SSSR count). The molecule has 2 amide bonds. The normalized spacial score (nSPS) is 10.2. The summed E-state index contributed by atoms with van der Waals surface area (Å²) in [5.74, 6) is 0.345. The maximum Gasteiger partial charge on any atom is 0.258 e. The maximum atomic E-state index is 12.1. The fraction of sp³-hybridized carbons (Fsp3) is 0.333. The third kappa shape index (κ3) is 6.33. The first-order valence-corrected chi connectivity index (χ1v) is 9.04. The van der Waals surface area contributed by atoms with E-state index in [-0.39, 0.29) is 18.4 Å². The van der Waals surface area contributed by atoms with Crippen molar-refractivity contribution < 1.29 is 14.3 Å². The van der Waals surface area contributed by atoms with Crippen LogP contribution in [0.1, 0.15) is 22.8 Å². The fourth-order valence-electron chi connectivity index (χ4n) is 2.52. The zero-order valence-electron chi connectivity index (χ0n) is 16.1. The lowest BCUT2D eigenvalue weighted by molar-refractivity contribution is -0.123. The SMILES string of the molecule is CCc1ccccc1OCC(=O)NCCNC(=O)c1ccc(N(C)C)cc1. The molecule has 0 heterocycles. The van der Waals surface area contributed by atoms with Gasteiger partial charge in [-0.1, -0.05) is 25.1 Å². The number of rotatable bonds is 9. The average molecular weight is 369 g/mol. The molecule has 0 aliphatic heterocycles. The number of anilines is 1. The van der Waals surface area contributed by atoms with Crippen molar-refractivity contribution >= 4 is 17.5 Å². The Bertz CT molecular complexity index is 758. The zero-order chi connectivity index (χ0) is 19.6. The predicted octanol–water partition coefficient (Wildman–Crippen LogP) is 2.24. The lowest BCUT2D eigenvalue weighted by atomic mass is 10.1. The van der Waals surface area contributed by atoms with Gasteiger partial charge in [-0.15, -0.1) is 0 Å².